The lowest BCUT2D eigenvalue weighted by Crippen LogP contribution is -2.47. The number of benzene rings is 1. The van der Waals surface area contributed by atoms with Crippen LogP contribution in [0.25, 0.3) is 10.7 Å². The van der Waals surface area contributed by atoms with Gasteiger partial charge in [-0.3, -0.25) is 19.4 Å². The van der Waals surface area contributed by atoms with Crippen molar-refractivity contribution in [2.75, 3.05) is 26.2 Å². The van der Waals surface area contributed by atoms with Crippen LogP contribution in [0.5, 0.6) is 0 Å². The van der Waals surface area contributed by atoms with E-state index in [1.807, 2.05) is 24.4 Å². The molecule has 0 aliphatic carbocycles. The second-order valence-electron chi connectivity index (χ2n) is 7.55. The van der Waals surface area contributed by atoms with E-state index in [9.17, 15) is 9.18 Å². The Morgan fingerprint density at radius 1 is 1.47 bits per heavy atom. The topological polar surface area (TPSA) is 75.2 Å². The van der Waals surface area contributed by atoms with E-state index in [0.717, 1.165) is 4.88 Å². The number of H-pyrrole nitrogens is 1. The van der Waals surface area contributed by atoms with E-state index >= 15 is 0 Å². The number of nitrogens with zero attached hydrogens (tertiary/aromatic N) is 3. The molecule has 2 N–H and O–H groups in total. The van der Waals surface area contributed by atoms with Gasteiger partial charge in [0.2, 0.25) is 5.91 Å². The second-order valence-corrected chi connectivity index (χ2v) is 9.29. The minimum Gasteiger partial charge on any atom is -0.376 e. The standard InChI is InChI=1S/C21H23ClFN5O2S2/c1-13-11-27(7-8-30-13)16(19-14(22)4-2-5-15(19)23)10-24-18(29)12-28-20(25-26-21(28)31)17-6-3-9-32-17/h2-6,9,13,16H,7-8,10-12H2,1H3,(H,24,29)(H,26,31). The van der Waals surface area contributed by atoms with Crippen molar-refractivity contribution < 1.29 is 13.9 Å². The highest BCUT2D eigenvalue weighted by molar-refractivity contribution is 7.71. The van der Waals surface area contributed by atoms with E-state index in [0.29, 0.717) is 40.9 Å². The van der Waals surface area contributed by atoms with E-state index < -0.39 is 11.9 Å². The Hall–Kier alpha value is -2.11. The summed E-state index contributed by atoms with van der Waals surface area (Å²) in [6.07, 6.45) is 0.00474. The molecule has 1 saturated heterocycles. The third kappa shape index (κ3) is 5.10. The molecule has 0 saturated carbocycles. The number of aromatic nitrogens is 3. The van der Waals surface area contributed by atoms with Crippen LogP contribution in [-0.2, 0) is 16.1 Å². The molecule has 2 aromatic heterocycles. The van der Waals surface area contributed by atoms with Crippen molar-refractivity contribution in [1.82, 2.24) is 25.0 Å². The number of ether oxygens (including phenoxy) is 1. The average Bonchev–Trinajstić information content (AvgIpc) is 3.40. The van der Waals surface area contributed by atoms with Crippen molar-refractivity contribution in [2.45, 2.75) is 25.6 Å². The normalized spacial score (nSPS) is 17.9. The minimum atomic E-state index is -0.423. The predicted octanol–water partition coefficient (Wildman–Crippen LogP) is 4.04. The van der Waals surface area contributed by atoms with Gasteiger partial charge in [0.1, 0.15) is 12.4 Å². The molecule has 1 aromatic carbocycles. The first kappa shape index (κ1) is 23.1. The fourth-order valence-electron chi connectivity index (χ4n) is 3.84. The molecule has 1 fully saturated rings. The molecule has 2 unspecified atom stereocenters. The largest absolute Gasteiger partial charge is 0.376 e. The molecule has 7 nitrogen and oxygen atoms in total. The fraction of sp³-hybridized carbons (Fsp3) is 0.381. The highest BCUT2D eigenvalue weighted by atomic mass is 35.5. The summed E-state index contributed by atoms with van der Waals surface area (Å²) in [5.74, 6) is -0.0390. The lowest BCUT2D eigenvalue weighted by atomic mass is 10.0. The molecule has 1 aliphatic rings. The number of halogens is 2. The molecule has 3 heterocycles. The molecule has 32 heavy (non-hydrogen) atoms. The number of aromatic amines is 1. The van der Waals surface area contributed by atoms with Gasteiger partial charge in [-0.05, 0) is 42.7 Å². The smallest absolute Gasteiger partial charge is 0.240 e. The second kappa shape index (κ2) is 10.2. The van der Waals surface area contributed by atoms with Crippen molar-refractivity contribution in [2.24, 2.45) is 0 Å². The van der Waals surface area contributed by atoms with E-state index in [1.165, 1.54) is 17.4 Å². The van der Waals surface area contributed by atoms with Crippen molar-refractivity contribution in [3.63, 3.8) is 0 Å². The van der Waals surface area contributed by atoms with Gasteiger partial charge in [0.15, 0.2) is 10.6 Å². The van der Waals surface area contributed by atoms with Crippen LogP contribution in [0.1, 0.15) is 18.5 Å². The van der Waals surface area contributed by atoms with Gasteiger partial charge in [-0.15, -0.1) is 11.3 Å². The summed E-state index contributed by atoms with van der Waals surface area (Å²) in [6.45, 7) is 3.93. The zero-order chi connectivity index (χ0) is 22.7. The molecule has 1 amide bonds. The lowest BCUT2D eigenvalue weighted by Gasteiger charge is -2.38. The number of morpholine rings is 1. The predicted molar refractivity (Wildman–Crippen MR) is 125 cm³/mol. The zero-order valence-corrected chi connectivity index (χ0v) is 19.8. The molecule has 170 valence electrons. The highest BCUT2D eigenvalue weighted by Crippen LogP contribution is 2.31. The summed E-state index contributed by atoms with van der Waals surface area (Å²) in [5, 5.41) is 12.2. The monoisotopic (exact) mass is 495 g/mol. The third-order valence-corrected chi connectivity index (χ3v) is 6.85. The molecule has 0 spiro atoms. The molecular formula is C21H23ClFN5O2S2. The Kier molecular flexibility index (Phi) is 7.37. The number of rotatable bonds is 7. The molecule has 4 rings (SSSR count). The van der Waals surface area contributed by atoms with E-state index in [4.69, 9.17) is 28.6 Å². The quantitative estimate of drug-likeness (QED) is 0.484. The highest BCUT2D eigenvalue weighted by Gasteiger charge is 2.29. The van der Waals surface area contributed by atoms with Crippen LogP contribution in [0, 0.1) is 10.6 Å². The first-order valence-electron chi connectivity index (χ1n) is 10.2. The summed E-state index contributed by atoms with van der Waals surface area (Å²) in [4.78, 5) is 15.9. The minimum absolute atomic E-state index is 0.000194. The molecule has 0 radical (unpaired) electrons. The lowest BCUT2D eigenvalue weighted by molar-refractivity contribution is -0.122. The number of carbonyl (C=O) groups is 1. The molecule has 3 aromatic rings. The van der Waals surface area contributed by atoms with Crippen LogP contribution in [0.3, 0.4) is 0 Å². The Morgan fingerprint density at radius 2 is 2.31 bits per heavy atom. The number of amides is 1. The fourth-order valence-corrected chi connectivity index (χ4v) is 5.05. The number of nitrogens with one attached hydrogen (secondary N) is 2. The molecule has 1 aliphatic heterocycles. The van der Waals surface area contributed by atoms with Gasteiger partial charge < -0.3 is 10.1 Å². The Labute approximate surface area is 199 Å². The first-order valence-corrected chi connectivity index (χ1v) is 11.9. The van der Waals surface area contributed by atoms with E-state index in [2.05, 4.69) is 20.4 Å². The summed E-state index contributed by atoms with van der Waals surface area (Å²) in [7, 11) is 0. The Bertz CT molecular complexity index is 1110. The summed E-state index contributed by atoms with van der Waals surface area (Å²) in [5.41, 5.74) is 0.378. The summed E-state index contributed by atoms with van der Waals surface area (Å²) >= 11 is 13.2. The Morgan fingerprint density at radius 3 is 3.03 bits per heavy atom. The molecule has 11 heteroatoms. The van der Waals surface area contributed by atoms with Crippen molar-refractivity contribution in [1.29, 1.82) is 0 Å². The van der Waals surface area contributed by atoms with Crippen LogP contribution in [0.4, 0.5) is 4.39 Å². The first-order chi connectivity index (χ1) is 15.4. The molecule has 2 atom stereocenters. The van der Waals surface area contributed by atoms with Gasteiger partial charge in [0.25, 0.3) is 0 Å². The van der Waals surface area contributed by atoms with Gasteiger partial charge >= 0.3 is 0 Å². The van der Waals surface area contributed by atoms with Gasteiger partial charge in [-0.1, -0.05) is 23.7 Å². The van der Waals surface area contributed by atoms with E-state index in [-0.39, 0.29) is 25.1 Å². The number of thiophene rings is 1. The van der Waals surface area contributed by atoms with Crippen LogP contribution < -0.4 is 5.32 Å². The molecular weight excluding hydrogens is 473 g/mol. The van der Waals surface area contributed by atoms with Crippen molar-refractivity contribution in [3.05, 3.63) is 56.9 Å². The number of carbonyl (C=O) groups excluding carboxylic acids is 1. The van der Waals surface area contributed by atoms with Crippen LogP contribution in [0.15, 0.2) is 35.7 Å². The maximum Gasteiger partial charge on any atom is 0.240 e. The van der Waals surface area contributed by atoms with Crippen LogP contribution in [-0.4, -0.2) is 57.9 Å². The van der Waals surface area contributed by atoms with E-state index in [1.54, 1.807) is 16.7 Å². The zero-order valence-electron chi connectivity index (χ0n) is 17.4. The summed E-state index contributed by atoms with van der Waals surface area (Å²) < 4.78 is 22.4. The average molecular weight is 496 g/mol. The third-order valence-electron chi connectivity index (χ3n) is 5.34. The Balaban J connectivity index is 1.52. The number of hydrogen-bond acceptors (Lipinski definition) is 6. The maximum atomic E-state index is 14.8. The van der Waals surface area contributed by atoms with Crippen molar-refractivity contribution >= 4 is 41.1 Å². The number of hydrogen-bond donors (Lipinski definition) is 2. The van der Waals surface area contributed by atoms with Gasteiger partial charge in [0.05, 0.1) is 23.6 Å². The molecule has 0 bridgehead atoms. The van der Waals surface area contributed by atoms with Crippen molar-refractivity contribution in [3.8, 4) is 10.7 Å². The van der Waals surface area contributed by atoms with Crippen LogP contribution >= 0.6 is 35.2 Å². The van der Waals surface area contributed by atoms with Gasteiger partial charge in [0, 0.05) is 30.2 Å². The summed E-state index contributed by atoms with van der Waals surface area (Å²) in [6, 6.07) is 8.03. The van der Waals surface area contributed by atoms with Gasteiger partial charge in [-0.2, -0.15) is 5.10 Å². The van der Waals surface area contributed by atoms with Gasteiger partial charge in [-0.25, -0.2) is 4.39 Å². The SMILES string of the molecule is CC1CN(C(CNC(=O)Cn2c(-c3cccs3)n[nH]c2=S)c2c(F)cccc2Cl)CCO1. The van der Waals surface area contributed by atoms with Crippen LogP contribution in [0.2, 0.25) is 5.02 Å². The maximum absolute atomic E-state index is 14.8.